The maximum Gasteiger partial charge on any atom is 0.344 e. The molecule has 0 radical (unpaired) electrons. The van der Waals surface area contributed by atoms with Gasteiger partial charge in [0.2, 0.25) is 0 Å². The van der Waals surface area contributed by atoms with Gasteiger partial charge in [0.25, 0.3) is 5.91 Å². The minimum absolute atomic E-state index is 0.0523. The Labute approximate surface area is 203 Å². The van der Waals surface area contributed by atoms with Crippen LogP contribution in [0.3, 0.4) is 0 Å². The highest BCUT2D eigenvalue weighted by Gasteiger charge is 2.51. The predicted octanol–water partition coefficient (Wildman–Crippen LogP) is 7.01. The van der Waals surface area contributed by atoms with Gasteiger partial charge in [-0.1, -0.05) is 55.3 Å². The fourth-order valence-corrected chi connectivity index (χ4v) is 10.4. The van der Waals surface area contributed by atoms with Gasteiger partial charge in [0.15, 0.2) is 6.16 Å². The highest BCUT2D eigenvalue weighted by Crippen LogP contribution is 2.67. The lowest BCUT2D eigenvalue weighted by Gasteiger charge is -2.36. The molecule has 0 aliphatic carbocycles. The van der Waals surface area contributed by atoms with E-state index in [1.54, 1.807) is 0 Å². The average molecular weight is 489 g/mol. The Balaban J connectivity index is 1.79. The maximum absolute atomic E-state index is 13.7. The van der Waals surface area contributed by atoms with Gasteiger partial charge in [-0.05, 0) is 68.4 Å². The van der Waals surface area contributed by atoms with Crippen LogP contribution in [0, 0.1) is 13.8 Å². The van der Waals surface area contributed by atoms with Crippen LogP contribution in [0.1, 0.15) is 55.7 Å². The zero-order valence-electron chi connectivity index (χ0n) is 20.0. The largest absolute Gasteiger partial charge is 0.458 e. The molecule has 1 heterocycles. The molecule has 1 fully saturated rings. The molecule has 1 N–H and O–H groups in total. The van der Waals surface area contributed by atoms with Crippen LogP contribution in [0.4, 0.5) is 5.69 Å². The minimum atomic E-state index is -1.84. The lowest BCUT2D eigenvalue weighted by Crippen LogP contribution is -2.37. The van der Waals surface area contributed by atoms with Crippen LogP contribution in [-0.4, -0.2) is 36.0 Å². The summed E-state index contributed by atoms with van der Waals surface area (Å²) in [5.74, 6) is -0.113. The molecule has 1 aliphatic rings. The molecule has 0 spiro atoms. The SMILES string of the molecule is CCCC(C(=O)Nc1c(C)cc(Cl)cc1C)[P+]1(CC(=O)OCc2ccccc2)CCCCC1. The number of aryl methyl sites for hydroxylation is 2. The normalized spacial score (nSPS) is 16.1. The van der Waals surface area contributed by atoms with Crippen molar-refractivity contribution in [1.82, 2.24) is 0 Å². The number of hydrogen-bond donors (Lipinski definition) is 1. The highest BCUT2D eigenvalue weighted by atomic mass is 35.5. The number of hydrogen-bond acceptors (Lipinski definition) is 3. The predicted molar refractivity (Wildman–Crippen MR) is 140 cm³/mol. The minimum Gasteiger partial charge on any atom is -0.458 e. The molecule has 33 heavy (non-hydrogen) atoms. The van der Waals surface area contributed by atoms with Crippen LogP contribution in [0.25, 0.3) is 0 Å². The van der Waals surface area contributed by atoms with Crippen molar-refractivity contribution < 1.29 is 14.3 Å². The molecule has 0 bridgehead atoms. The Hall–Kier alpha value is -1.90. The van der Waals surface area contributed by atoms with E-state index >= 15 is 0 Å². The molecule has 1 unspecified atom stereocenters. The molecule has 2 aromatic rings. The number of esters is 1. The van der Waals surface area contributed by atoms with E-state index in [0.29, 0.717) is 11.2 Å². The highest BCUT2D eigenvalue weighted by molar-refractivity contribution is 7.78. The summed E-state index contributed by atoms with van der Waals surface area (Å²) in [5.41, 5.74) is 3.62. The van der Waals surface area contributed by atoms with Crippen molar-refractivity contribution in [3.63, 3.8) is 0 Å². The van der Waals surface area contributed by atoms with E-state index in [1.807, 2.05) is 56.3 Å². The van der Waals surface area contributed by atoms with E-state index in [2.05, 4.69) is 12.2 Å². The first-order valence-electron chi connectivity index (χ1n) is 12.0. The summed E-state index contributed by atoms with van der Waals surface area (Å²) in [6.07, 6.45) is 7.45. The molecule has 3 rings (SSSR count). The number of rotatable bonds is 9. The second-order valence-electron chi connectivity index (χ2n) is 9.24. The van der Waals surface area contributed by atoms with Crippen molar-refractivity contribution in [2.45, 2.75) is 65.1 Å². The third-order valence-electron chi connectivity index (χ3n) is 6.67. The summed E-state index contributed by atoms with van der Waals surface area (Å²) in [6, 6.07) is 13.5. The lowest BCUT2D eigenvalue weighted by molar-refractivity contribution is -0.141. The summed E-state index contributed by atoms with van der Waals surface area (Å²) in [5, 5.41) is 3.89. The number of benzene rings is 2. The van der Waals surface area contributed by atoms with Gasteiger partial charge in [0, 0.05) is 18.0 Å². The van der Waals surface area contributed by atoms with Crippen LogP contribution in [0.15, 0.2) is 42.5 Å². The molecule has 178 valence electrons. The Morgan fingerprint density at radius 3 is 2.30 bits per heavy atom. The van der Waals surface area contributed by atoms with Crippen molar-refractivity contribution >= 4 is 36.4 Å². The topological polar surface area (TPSA) is 55.4 Å². The summed E-state index contributed by atoms with van der Waals surface area (Å²) >= 11 is 6.19. The second-order valence-corrected chi connectivity index (χ2v) is 13.9. The monoisotopic (exact) mass is 488 g/mol. The van der Waals surface area contributed by atoms with E-state index < -0.39 is 7.26 Å². The van der Waals surface area contributed by atoms with Crippen molar-refractivity contribution in [1.29, 1.82) is 0 Å². The first-order valence-corrected chi connectivity index (χ1v) is 14.8. The molecule has 1 aliphatic heterocycles. The van der Waals surface area contributed by atoms with Gasteiger partial charge in [-0.2, -0.15) is 0 Å². The molecular weight excluding hydrogens is 453 g/mol. The van der Waals surface area contributed by atoms with Gasteiger partial charge in [0.05, 0.1) is 12.3 Å². The van der Waals surface area contributed by atoms with Crippen LogP contribution in [0.2, 0.25) is 5.02 Å². The molecule has 2 aromatic carbocycles. The van der Waals surface area contributed by atoms with E-state index in [9.17, 15) is 9.59 Å². The van der Waals surface area contributed by atoms with Gasteiger partial charge in [-0.15, -0.1) is 0 Å². The second kappa shape index (κ2) is 12.0. The number of amides is 1. The van der Waals surface area contributed by atoms with Gasteiger partial charge in [-0.25, -0.2) is 4.79 Å². The molecule has 6 heteroatoms. The number of carbonyl (C=O) groups is 2. The number of halogens is 1. The standard InChI is InChI=1S/C27H35ClNO3P/c1-4-11-24(27(31)29-26-20(2)16-23(28)17-21(26)3)33(14-9-6-10-15-33)19-25(30)32-18-22-12-7-5-8-13-22/h5,7-8,12-13,16-17,24H,4,6,9-11,14-15,18-19H2,1-3H3/p+1. The third kappa shape index (κ3) is 6.80. The molecule has 0 saturated carbocycles. The van der Waals surface area contributed by atoms with Crippen LogP contribution in [-0.2, 0) is 20.9 Å². The summed E-state index contributed by atoms with van der Waals surface area (Å²) in [7, 11) is -1.84. The van der Waals surface area contributed by atoms with Gasteiger partial charge < -0.3 is 10.1 Å². The summed E-state index contributed by atoms with van der Waals surface area (Å²) in [6.45, 7) is 6.34. The first-order chi connectivity index (χ1) is 15.8. The Bertz CT molecular complexity index is 934. The molecule has 0 aromatic heterocycles. The summed E-state index contributed by atoms with van der Waals surface area (Å²) < 4.78 is 5.68. The molecule has 1 amide bonds. The summed E-state index contributed by atoms with van der Waals surface area (Å²) in [4.78, 5) is 26.7. The molecule has 4 nitrogen and oxygen atoms in total. The molecular formula is C27H36ClNO3P+. The van der Waals surface area contributed by atoms with E-state index in [4.69, 9.17) is 16.3 Å². The third-order valence-corrected chi connectivity index (χ3v) is 12.0. The quantitative estimate of drug-likeness (QED) is 0.305. The van der Waals surface area contributed by atoms with Crippen molar-refractivity contribution in [2.75, 3.05) is 23.8 Å². The van der Waals surface area contributed by atoms with Crippen molar-refractivity contribution in [3.8, 4) is 0 Å². The van der Waals surface area contributed by atoms with Gasteiger partial charge in [-0.3, -0.25) is 4.79 Å². The number of anilines is 1. The van der Waals surface area contributed by atoms with Crippen LogP contribution in [0.5, 0.6) is 0 Å². The number of ether oxygens (including phenoxy) is 1. The van der Waals surface area contributed by atoms with Crippen molar-refractivity contribution in [3.05, 3.63) is 64.2 Å². The van der Waals surface area contributed by atoms with E-state index in [-0.39, 0.29) is 24.1 Å². The smallest absolute Gasteiger partial charge is 0.344 e. The van der Waals surface area contributed by atoms with Gasteiger partial charge in [0.1, 0.15) is 12.3 Å². The first kappa shape index (κ1) is 25.7. The Kier molecular flexibility index (Phi) is 9.35. The van der Waals surface area contributed by atoms with E-state index in [1.165, 1.54) is 6.42 Å². The van der Waals surface area contributed by atoms with E-state index in [0.717, 1.165) is 60.4 Å². The molecule has 1 atom stereocenters. The Morgan fingerprint density at radius 2 is 1.70 bits per heavy atom. The molecule has 1 saturated heterocycles. The fourth-order valence-electron chi connectivity index (χ4n) is 5.00. The van der Waals surface area contributed by atoms with Crippen molar-refractivity contribution in [2.24, 2.45) is 0 Å². The fraction of sp³-hybridized carbons (Fsp3) is 0.481. The number of carbonyl (C=O) groups excluding carboxylic acids is 2. The zero-order valence-corrected chi connectivity index (χ0v) is 21.7. The zero-order chi connectivity index (χ0) is 23.8. The van der Waals surface area contributed by atoms with Crippen LogP contribution < -0.4 is 5.32 Å². The van der Waals surface area contributed by atoms with Crippen LogP contribution >= 0.6 is 18.9 Å². The number of nitrogens with one attached hydrogen (secondary N) is 1. The maximum atomic E-state index is 13.7. The lowest BCUT2D eigenvalue weighted by atomic mass is 10.1. The Morgan fingerprint density at radius 1 is 1.06 bits per heavy atom. The average Bonchev–Trinajstić information content (AvgIpc) is 2.79. The van der Waals surface area contributed by atoms with Gasteiger partial charge >= 0.3 is 5.97 Å².